The molecule has 2 aromatic rings. The van der Waals surface area contributed by atoms with Crippen molar-refractivity contribution in [3.05, 3.63) is 51.2 Å². The molecule has 0 aliphatic rings. The Labute approximate surface area is 132 Å². The molecule has 0 aliphatic heterocycles. The first-order valence-corrected chi connectivity index (χ1v) is 8.35. The van der Waals surface area contributed by atoms with E-state index in [0.29, 0.717) is 5.92 Å². The highest BCUT2D eigenvalue weighted by Crippen LogP contribution is 2.34. The Morgan fingerprint density at radius 2 is 1.81 bits per heavy atom. The van der Waals surface area contributed by atoms with Gasteiger partial charge in [-0.05, 0) is 60.9 Å². The summed E-state index contributed by atoms with van der Waals surface area (Å²) in [5, 5.41) is 2.10. The van der Waals surface area contributed by atoms with Gasteiger partial charge in [-0.1, -0.05) is 26.0 Å². The Bertz CT molecular complexity index is 601. The molecule has 2 unspecified atom stereocenters. The van der Waals surface area contributed by atoms with Crippen LogP contribution in [0, 0.1) is 13.8 Å². The van der Waals surface area contributed by atoms with Gasteiger partial charge in [0.2, 0.25) is 0 Å². The van der Waals surface area contributed by atoms with Gasteiger partial charge in [0, 0.05) is 10.9 Å². The van der Waals surface area contributed by atoms with Crippen LogP contribution in [-0.4, -0.2) is 6.04 Å². The summed E-state index contributed by atoms with van der Waals surface area (Å²) >= 11 is 1.72. The van der Waals surface area contributed by atoms with E-state index in [1.165, 1.54) is 21.6 Å². The second-order valence-corrected chi connectivity index (χ2v) is 7.01. The Kier molecular flexibility index (Phi) is 5.07. The van der Waals surface area contributed by atoms with Crippen LogP contribution in [0.2, 0.25) is 0 Å². The van der Waals surface area contributed by atoms with Crippen molar-refractivity contribution in [2.45, 2.75) is 52.7 Å². The summed E-state index contributed by atoms with van der Waals surface area (Å²) in [6.07, 6.45) is -0.0932. The molecule has 114 valence electrons. The third kappa shape index (κ3) is 3.66. The maximum Gasteiger partial charge on any atom is 0.148 e. The molecule has 0 radical (unpaired) electrons. The van der Waals surface area contributed by atoms with Gasteiger partial charge in [0.1, 0.15) is 11.9 Å². The summed E-state index contributed by atoms with van der Waals surface area (Å²) in [5.74, 6) is 1.39. The number of aryl methyl sites for hydroxylation is 2. The molecule has 1 heterocycles. The van der Waals surface area contributed by atoms with E-state index in [4.69, 9.17) is 10.5 Å². The van der Waals surface area contributed by atoms with Crippen molar-refractivity contribution >= 4 is 11.3 Å². The highest BCUT2D eigenvalue weighted by molar-refractivity contribution is 7.10. The summed E-state index contributed by atoms with van der Waals surface area (Å²) in [7, 11) is 0. The van der Waals surface area contributed by atoms with Crippen LogP contribution in [0.1, 0.15) is 54.4 Å². The number of ether oxygens (including phenoxy) is 1. The average Bonchev–Trinajstić information content (AvgIpc) is 2.81. The first-order valence-electron chi connectivity index (χ1n) is 7.47. The first kappa shape index (κ1) is 16.1. The number of hydrogen-bond donors (Lipinski definition) is 1. The lowest BCUT2D eigenvalue weighted by atomic mass is 10.00. The fourth-order valence-corrected chi connectivity index (χ4v) is 3.50. The van der Waals surface area contributed by atoms with Crippen molar-refractivity contribution < 1.29 is 4.74 Å². The lowest BCUT2D eigenvalue weighted by molar-refractivity contribution is 0.181. The third-order valence-corrected chi connectivity index (χ3v) is 4.76. The highest BCUT2D eigenvalue weighted by atomic mass is 32.1. The zero-order chi connectivity index (χ0) is 15.6. The van der Waals surface area contributed by atoms with E-state index in [2.05, 4.69) is 57.3 Å². The Morgan fingerprint density at radius 1 is 1.10 bits per heavy atom. The molecule has 0 spiro atoms. The molecule has 2 rings (SSSR count). The average molecular weight is 303 g/mol. The van der Waals surface area contributed by atoms with Gasteiger partial charge in [0.05, 0.1) is 0 Å². The molecule has 0 fully saturated rings. The molecule has 0 saturated heterocycles. The van der Waals surface area contributed by atoms with E-state index in [0.717, 1.165) is 5.75 Å². The van der Waals surface area contributed by atoms with Gasteiger partial charge < -0.3 is 10.5 Å². The number of thiophene rings is 1. The van der Waals surface area contributed by atoms with Crippen LogP contribution in [0.5, 0.6) is 5.75 Å². The monoisotopic (exact) mass is 303 g/mol. The zero-order valence-corrected chi connectivity index (χ0v) is 14.3. The number of nitrogens with two attached hydrogens (primary N) is 1. The maximum atomic E-state index is 6.36. The smallest absolute Gasteiger partial charge is 0.148 e. The highest BCUT2D eigenvalue weighted by Gasteiger charge is 2.23. The quantitative estimate of drug-likeness (QED) is 0.847. The Balaban J connectivity index is 2.38. The van der Waals surface area contributed by atoms with Gasteiger partial charge in [0.25, 0.3) is 0 Å². The topological polar surface area (TPSA) is 35.2 Å². The van der Waals surface area contributed by atoms with Crippen molar-refractivity contribution in [2.24, 2.45) is 5.73 Å². The van der Waals surface area contributed by atoms with Crippen molar-refractivity contribution in [3.63, 3.8) is 0 Å². The van der Waals surface area contributed by atoms with E-state index >= 15 is 0 Å². The molecule has 3 heteroatoms. The molecule has 21 heavy (non-hydrogen) atoms. The van der Waals surface area contributed by atoms with Gasteiger partial charge >= 0.3 is 0 Å². The molecule has 2 atom stereocenters. The number of benzene rings is 1. The van der Waals surface area contributed by atoms with Gasteiger partial charge in [-0.3, -0.25) is 0 Å². The fraction of sp³-hybridized carbons (Fsp3) is 0.444. The molecule has 2 N–H and O–H groups in total. The van der Waals surface area contributed by atoms with Crippen LogP contribution >= 0.6 is 11.3 Å². The van der Waals surface area contributed by atoms with E-state index in [1.54, 1.807) is 11.3 Å². The van der Waals surface area contributed by atoms with E-state index < -0.39 is 0 Å². The van der Waals surface area contributed by atoms with Gasteiger partial charge in [-0.2, -0.15) is 0 Å². The minimum absolute atomic E-state index is 0.0529. The van der Waals surface area contributed by atoms with Gasteiger partial charge in [-0.25, -0.2) is 0 Å². The van der Waals surface area contributed by atoms with Gasteiger partial charge in [0.15, 0.2) is 0 Å². The minimum atomic E-state index is -0.0932. The van der Waals surface area contributed by atoms with E-state index in [9.17, 15) is 0 Å². The van der Waals surface area contributed by atoms with Crippen molar-refractivity contribution in [1.29, 1.82) is 0 Å². The molecule has 1 aromatic carbocycles. The minimum Gasteiger partial charge on any atom is -0.483 e. The van der Waals surface area contributed by atoms with Crippen molar-refractivity contribution in [3.8, 4) is 5.75 Å². The lowest BCUT2D eigenvalue weighted by Gasteiger charge is -2.25. The summed E-state index contributed by atoms with van der Waals surface area (Å²) in [5.41, 5.74) is 9.89. The predicted octanol–water partition coefficient (Wildman–Crippen LogP) is 4.96. The van der Waals surface area contributed by atoms with Gasteiger partial charge in [-0.15, -0.1) is 11.3 Å². The van der Waals surface area contributed by atoms with Crippen molar-refractivity contribution in [2.75, 3.05) is 0 Å². The number of rotatable bonds is 5. The molecule has 0 bridgehead atoms. The number of hydrogen-bond acceptors (Lipinski definition) is 3. The van der Waals surface area contributed by atoms with Crippen LogP contribution in [0.4, 0.5) is 0 Å². The van der Waals surface area contributed by atoms with Crippen molar-refractivity contribution in [1.82, 2.24) is 0 Å². The molecule has 2 nitrogen and oxygen atoms in total. The van der Waals surface area contributed by atoms with E-state index in [1.807, 2.05) is 6.92 Å². The van der Waals surface area contributed by atoms with E-state index in [-0.39, 0.29) is 12.1 Å². The van der Waals surface area contributed by atoms with Crippen LogP contribution < -0.4 is 10.5 Å². The predicted molar refractivity (Wildman–Crippen MR) is 91.3 cm³/mol. The fourth-order valence-electron chi connectivity index (χ4n) is 2.43. The van der Waals surface area contributed by atoms with Crippen LogP contribution in [-0.2, 0) is 0 Å². The summed E-state index contributed by atoms with van der Waals surface area (Å²) in [6, 6.07) is 8.49. The second kappa shape index (κ2) is 6.63. The molecule has 0 saturated carbocycles. The maximum absolute atomic E-state index is 6.36. The Morgan fingerprint density at radius 3 is 2.33 bits per heavy atom. The summed E-state index contributed by atoms with van der Waals surface area (Å²) < 4.78 is 6.36. The van der Waals surface area contributed by atoms with Crippen LogP contribution in [0.15, 0.2) is 29.6 Å². The summed E-state index contributed by atoms with van der Waals surface area (Å²) in [4.78, 5) is 1.22. The molecule has 0 amide bonds. The first-order chi connectivity index (χ1) is 9.90. The third-order valence-electron chi connectivity index (χ3n) is 3.68. The zero-order valence-electron chi connectivity index (χ0n) is 13.5. The molecule has 0 aliphatic carbocycles. The molecular formula is C18H25NOS. The Hall–Kier alpha value is -1.32. The largest absolute Gasteiger partial charge is 0.483 e. The molecule has 1 aromatic heterocycles. The second-order valence-electron chi connectivity index (χ2n) is 6.06. The normalized spacial score (nSPS) is 14.2. The van der Waals surface area contributed by atoms with Crippen LogP contribution in [0.3, 0.4) is 0 Å². The standard InChI is InChI=1S/C18H25NOS/c1-11(2)15-7-6-12(3)10-16(15)20-17(14(5)19)18-13(4)8-9-21-18/h6-11,14,17H,19H2,1-5H3. The lowest BCUT2D eigenvalue weighted by Crippen LogP contribution is -2.29. The summed E-state index contributed by atoms with van der Waals surface area (Å²) in [6.45, 7) is 10.6. The molecular weight excluding hydrogens is 278 g/mol. The van der Waals surface area contributed by atoms with Crippen LogP contribution in [0.25, 0.3) is 0 Å². The SMILES string of the molecule is Cc1ccc(C(C)C)c(OC(c2sccc2C)C(C)N)c1.